The van der Waals surface area contributed by atoms with Crippen LogP contribution >= 0.6 is 0 Å². The predicted molar refractivity (Wildman–Crippen MR) is 337 cm³/mol. The Morgan fingerprint density at radius 1 is 0.580 bits per heavy atom. The summed E-state index contributed by atoms with van der Waals surface area (Å²) in [7, 11) is 0. The Bertz CT molecular complexity index is 4660. The average Bonchev–Trinajstić information content (AvgIpc) is 1.70. The maximum Gasteiger partial charge on any atom is 0.135 e. The first kappa shape index (κ1) is 42.6. The molecular weight excluding hydrogens is 1170 g/mol. The Balaban J connectivity index is 0.00000884. The van der Waals surface area contributed by atoms with E-state index >= 15 is 0 Å². The van der Waals surface area contributed by atoms with Gasteiger partial charge in [-0.2, -0.15) is 12.1 Å². The van der Waals surface area contributed by atoms with Crippen LogP contribution in [0.15, 0.2) is 170 Å². The number of nitrogens with zero attached hydrogens (tertiary/aromatic N) is 4. The Morgan fingerprint density at radius 3 is 1.89 bits per heavy atom. The second-order valence-corrected chi connectivity index (χ2v) is 26.0. The summed E-state index contributed by atoms with van der Waals surface area (Å²) in [6.07, 6.45) is 3.45. The van der Waals surface area contributed by atoms with Crippen LogP contribution in [-0.4, -0.2) is 9.55 Å². The minimum Gasteiger partial charge on any atom is -0.509 e. The van der Waals surface area contributed by atoms with Crippen molar-refractivity contribution >= 4 is 44.6 Å². The predicted octanol–water partition coefficient (Wildman–Crippen LogP) is 20.5. The van der Waals surface area contributed by atoms with Crippen molar-refractivity contribution in [3.8, 4) is 50.7 Å². The standard InChI is InChI=1S/C75H75N4O.Pt/c1-48-38-68(76-46-62(48)59-29-23-30-63-69(59)75(13,14)37-36-74(63,11)12)79-64-31-19-18-28-57(64)58-35-34-56(45-67(58)79)80-55-27-22-26-54(44-55)77-47-78(66-33-21-20-32-65(66)77)70-60(49-24-16-15-17-25-49)42-53(73(8,9)10)43-61(70)50-39-51(71(2,3)4)41-52(40-50)72(5,6)7;/h15-35,38-43,46-47H,36-37H2,1-14H3;/q-3;/i1D3,15D,16D,17D,18D,19D,24D,25D,28D,31D;. The molecule has 0 spiro atoms. The van der Waals surface area contributed by atoms with Crippen LogP contribution in [0, 0.1) is 25.7 Å². The molecule has 5 nitrogen and oxygen atoms in total. The molecule has 3 heterocycles. The number of pyridine rings is 1. The van der Waals surface area contributed by atoms with Gasteiger partial charge in [0.2, 0.25) is 0 Å². The maximum absolute atomic E-state index is 9.50. The number of aromatic nitrogens is 2. The Kier molecular flexibility index (Phi) is 10.7. The normalized spacial score (nSPS) is 17.2. The third-order valence-corrected chi connectivity index (χ3v) is 16.4. The minimum atomic E-state index is -2.63. The van der Waals surface area contributed by atoms with Gasteiger partial charge in [-0.3, -0.25) is 0 Å². The van der Waals surface area contributed by atoms with Crippen molar-refractivity contribution in [3.63, 3.8) is 0 Å². The van der Waals surface area contributed by atoms with E-state index in [0.717, 1.165) is 68.7 Å². The van der Waals surface area contributed by atoms with Gasteiger partial charge in [0.15, 0.2) is 0 Å². The van der Waals surface area contributed by atoms with Gasteiger partial charge in [0, 0.05) is 82.1 Å². The van der Waals surface area contributed by atoms with Crippen molar-refractivity contribution in [3.05, 3.63) is 222 Å². The van der Waals surface area contributed by atoms with Crippen molar-refractivity contribution in [2.24, 2.45) is 0 Å². The molecule has 0 atom stereocenters. The SMILES string of the molecule is [2H]c1c([2H])c([2H])c(-c2cc(C(C)(C)C)cc(-c3cc(C(C)(C)C)cc(C(C)(C)C)c3)c2N2[CH-]N(c3[c-]c(Oc4[c-]c5c(cc4)c4c([2H])c([2H])c([2H])c([2H])c4n5-c4cc(C([2H])([2H])[2H])c(-c5cccc6c5C(C)(C)CCC6(C)C)cn4)ccc3)c3ccccc32)c([2H])c1[2H].[Pt]. The Hall–Kier alpha value is -7.20. The Morgan fingerprint density at radius 2 is 1.20 bits per heavy atom. The van der Waals surface area contributed by atoms with Crippen LogP contribution in [0.25, 0.3) is 61.0 Å². The van der Waals surface area contributed by atoms with Crippen LogP contribution in [0.4, 0.5) is 22.7 Å². The van der Waals surface area contributed by atoms with E-state index in [4.69, 9.17) is 20.7 Å². The van der Waals surface area contributed by atoms with Gasteiger partial charge in [0.25, 0.3) is 0 Å². The van der Waals surface area contributed by atoms with Crippen LogP contribution in [0.3, 0.4) is 0 Å². The van der Waals surface area contributed by atoms with Gasteiger partial charge in [-0.1, -0.05) is 192 Å². The van der Waals surface area contributed by atoms with Gasteiger partial charge in [-0.05, 0) is 139 Å². The number of fused-ring (bicyclic) bond motifs is 5. The van der Waals surface area contributed by atoms with Crippen LogP contribution in [0.1, 0.15) is 153 Å². The summed E-state index contributed by atoms with van der Waals surface area (Å²) in [5.74, 6) is 0.596. The van der Waals surface area contributed by atoms with E-state index in [0.29, 0.717) is 27.9 Å². The summed E-state index contributed by atoms with van der Waals surface area (Å²) in [6.45, 7) is 27.6. The molecule has 2 aliphatic rings. The first-order valence-corrected chi connectivity index (χ1v) is 27.7. The topological polar surface area (TPSA) is 33.5 Å². The second kappa shape index (κ2) is 20.3. The summed E-state index contributed by atoms with van der Waals surface area (Å²) in [5, 5.41) is 0.626. The van der Waals surface area contributed by atoms with Gasteiger partial charge >= 0.3 is 0 Å². The Labute approximate surface area is 513 Å². The van der Waals surface area contributed by atoms with E-state index in [1.54, 1.807) is 29.0 Å². The molecule has 6 heteroatoms. The van der Waals surface area contributed by atoms with E-state index in [-0.39, 0.29) is 112 Å². The molecule has 1 aliphatic heterocycles. The number of anilines is 4. The molecule has 12 rings (SSSR count). The first-order valence-electron chi connectivity index (χ1n) is 33.7. The molecule has 0 bridgehead atoms. The second-order valence-electron chi connectivity index (χ2n) is 26.0. The van der Waals surface area contributed by atoms with E-state index in [1.807, 2.05) is 71.1 Å². The molecule has 81 heavy (non-hydrogen) atoms. The number of benzene rings is 8. The van der Waals surface area contributed by atoms with Crippen molar-refractivity contribution in [2.45, 2.75) is 137 Å². The zero-order valence-corrected chi connectivity index (χ0v) is 50.7. The summed E-state index contributed by atoms with van der Waals surface area (Å²) in [6, 6.07) is 38.5. The van der Waals surface area contributed by atoms with Crippen LogP contribution in [-0.2, 0) is 48.1 Å². The fourth-order valence-corrected chi connectivity index (χ4v) is 11.7. The molecule has 0 radical (unpaired) electrons. The first-order chi connectivity index (χ1) is 42.9. The summed E-state index contributed by atoms with van der Waals surface area (Å²) < 4.78 is 117. The number of para-hydroxylation sites is 3. The van der Waals surface area contributed by atoms with Crippen LogP contribution < -0.4 is 14.5 Å². The van der Waals surface area contributed by atoms with E-state index in [1.165, 1.54) is 6.07 Å². The fourth-order valence-electron chi connectivity index (χ4n) is 11.7. The monoisotopic (exact) mass is 1250 g/mol. The van der Waals surface area contributed by atoms with Crippen molar-refractivity contribution in [2.75, 3.05) is 9.80 Å². The number of hydrogen-bond donors (Lipinski definition) is 0. The zero-order chi connectivity index (χ0) is 66.6. The molecule has 10 aromatic rings. The molecule has 2 aromatic heterocycles. The number of rotatable bonds is 8. The van der Waals surface area contributed by atoms with E-state index < -0.39 is 42.5 Å². The van der Waals surface area contributed by atoms with Crippen molar-refractivity contribution in [1.82, 2.24) is 9.55 Å². The molecule has 414 valence electrons. The maximum atomic E-state index is 9.50. The van der Waals surface area contributed by atoms with Gasteiger partial charge in [0.05, 0.1) is 12.3 Å². The number of hydrogen-bond acceptors (Lipinski definition) is 4. The number of aryl methyl sites for hydroxylation is 1. The smallest absolute Gasteiger partial charge is 0.135 e. The third kappa shape index (κ3) is 10.1. The van der Waals surface area contributed by atoms with Gasteiger partial charge in [0.1, 0.15) is 5.82 Å². The summed E-state index contributed by atoms with van der Waals surface area (Å²) >= 11 is 0. The fraction of sp³-hybridized carbons (Fsp3) is 0.280. The van der Waals surface area contributed by atoms with Gasteiger partial charge < -0.3 is 19.1 Å². The molecule has 0 N–H and O–H groups in total. The van der Waals surface area contributed by atoms with Crippen LogP contribution in [0.2, 0.25) is 0 Å². The summed E-state index contributed by atoms with van der Waals surface area (Å²) in [5.41, 5.74) is 10.5. The molecule has 0 saturated heterocycles. The van der Waals surface area contributed by atoms with Gasteiger partial charge in [-0.25, -0.2) is 4.98 Å². The molecule has 8 aromatic carbocycles. The molecule has 0 fully saturated rings. The van der Waals surface area contributed by atoms with Crippen molar-refractivity contribution in [1.29, 1.82) is 0 Å². The van der Waals surface area contributed by atoms with E-state index in [9.17, 15) is 5.48 Å². The molecule has 0 amide bonds. The largest absolute Gasteiger partial charge is 0.509 e. The molecule has 0 saturated carbocycles. The minimum absolute atomic E-state index is 0. The van der Waals surface area contributed by atoms with E-state index in [2.05, 4.69) is 132 Å². The van der Waals surface area contributed by atoms with Crippen molar-refractivity contribution < 1.29 is 42.3 Å². The average molecular weight is 1260 g/mol. The quantitative estimate of drug-likeness (QED) is 0.142. The molecular formula is C75H75N4OPt-3. The molecule has 1 aliphatic carbocycles. The summed E-state index contributed by atoms with van der Waals surface area (Å²) in [4.78, 5) is 9.00. The zero-order valence-electron chi connectivity index (χ0n) is 60.5. The molecule has 0 unspecified atom stereocenters. The van der Waals surface area contributed by atoms with Crippen LogP contribution in [0.5, 0.6) is 11.5 Å². The third-order valence-electron chi connectivity index (χ3n) is 16.4. The number of ether oxygens (including phenoxy) is 1. The van der Waals surface area contributed by atoms with Gasteiger partial charge in [-0.15, -0.1) is 48.1 Å².